The quantitative estimate of drug-likeness (QED) is 0.477. The molecular formula is C14H17NO6. The van der Waals surface area contributed by atoms with Gasteiger partial charge >= 0.3 is 17.9 Å². The van der Waals surface area contributed by atoms with Crippen molar-refractivity contribution in [3.05, 3.63) is 35.9 Å². The van der Waals surface area contributed by atoms with E-state index in [1.807, 2.05) is 0 Å². The van der Waals surface area contributed by atoms with Gasteiger partial charge in [0.15, 0.2) is 0 Å². The standard InChI is InChI=1S/C14H17NO6/c15-14(12(18)19,8-4-7-11(16)17)13(20)21-9-10-5-2-1-3-6-10/h1-3,5-6H,4,7-9,15H2,(H,16,17)(H,18,19)/t14-/m1/s1. The first-order chi connectivity index (χ1) is 9.86. The van der Waals surface area contributed by atoms with E-state index >= 15 is 0 Å². The van der Waals surface area contributed by atoms with Crippen molar-refractivity contribution in [3.63, 3.8) is 0 Å². The Morgan fingerprint density at radius 2 is 1.76 bits per heavy atom. The maximum absolute atomic E-state index is 11.9. The molecule has 1 atom stereocenters. The largest absolute Gasteiger partial charge is 0.481 e. The highest BCUT2D eigenvalue weighted by molar-refractivity contribution is 6.03. The molecular weight excluding hydrogens is 278 g/mol. The van der Waals surface area contributed by atoms with Gasteiger partial charge in [-0.3, -0.25) is 4.79 Å². The summed E-state index contributed by atoms with van der Waals surface area (Å²) in [5.41, 5.74) is 4.03. The molecule has 0 fully saturated rings. The molecule has 0 radical (unpaired) electrons. The molecule has 0 bridgehead atoms. The highest BCUT2D eigenvalue weighted by Crippen LogP contribution is 2.15. The second-order valence-corrected chi connectivity index (χ2v) is 4.59. The van der Waals surface area contributed by atoms with E-state index in [2.05, 4.69) is 0 Å². The lowest BCUT2D eigenvalue weighted by Gasteiger charge is -2.22. The molecule has 0 aliphatic carbocycles. The number of carbonyl (C=O) groups excluding carboxylic acids is 1. The van der Waals surface area contributed by atoms with Crippen molar-refractivity contribution in [2.24, 2.45) is 5.73 Å². The summed E-state index contributed by atoms with van der Waals surface area (Å²) in [6, 6.07) is 8.74. The number of rotatable bonds is 8. The monoisotopic (exact) mass is 295 g/mol. The van der Waals surface area contributed by atoms with Crippen molar-refractivity contribution in [1.29, 1.82) is 0 Å². The first-order valence-corrected chi connectivity index (χ1v) is 6.31. The molecule has 0 heterocycles. The molecule has 0 aliphatic rings. The van der Waals surface area contributed by atoms with E-state index in [-0.39, 0.29) is 25.9 Å². The molecule has 1 aromatic carbocycles. The third-order valence-corrected chi connectivity index (χ3v) is 2.92. The third-order valence-electron chi connectivity index (χ3n) is 2.92. The summed E-state index contributed by atoms with van der Waals surface area (Å²) in [6.45, 7) is -0.0924. The van der Waals surface area contributed by atoms with Crippen molar-refractivity contribution in [3.8, 4) is 0 Å². The number of ether oxygens (including phenoxy) is 1. The maximum Gasteiger partial charge on any atom is 0.338 e. The van der Waals surface area contributed by atoms with Gasteiger partial charge in [0, 0.05) is 6.42 Å². The lowest BCUT2D eigenvalue weighted by Crippen LogP contribution is -2.55. The molecule has 0 saturated carbocycles. The Balaban J connectivity index is 2.64. The Morgan fingerprint density at radius 1 is 1.14 bits per heavy atom. The van der Waals surface area contributed by atoms with E-state index in [0.717, 1.165) is 0 Å². The van der Waals surface area contributed by atoms with Gasteiger partial charge in [-0.25, -0.2) is 9.59 Å². The number of esters is 1. The van der Waals surface area contributed by atoms with E-state index in [0.29, 0.717) is 5.56 Å². The van der Waals surface area contributed by atoms with Crippen LogP contribution in [0.3, 0.4) is 0 Å². The fraction of sp³-hybridized carbons (Fsp3) is 0.357. The topological polar surface area (TPSA) is 127 Å². The zero-order valence-electron chi connectivity index (χ0n) is 11.3. The summed E-state index contributed by atoms with van der Waals surface area (Å²) in [5, 5.41) is 17.6. The van der Waals surface area contributed by atoms with Crippen molar-refractivity contribution in [1.82, 2.24) is 0 Å². The van der Waals surface area contributed by atoms with Gasteiger partial charge in [0.05, 0.1) is 0 Å². The Labute approximate surface area is 121 Å². The summed E-state index contributed by atoms with van der Waals surface area (Å²) >= 11 is 0. The zero-order chi connectivity index (χ0) is 15.9. The van der Waals surface area contributed by atoms with Crippen LogP contribution in [0.5, 0.6) is 0 Å². The summed E-state index contributed by atoms with van der Waals surface area (Å²) in [5.74, 6) is -3.70. The number of benzene rings is 1. The fourth-order valence-corrected chi connectivity index (χ4v) is 1.67. The van der Waals surface area contributed by atoms with Crippen LogP contribution in [0, 0.1) is 0 Å². The van der Waals surface area contributed by atoms with Gasteiger partial charge < -0.3 is 20.7 Å². The molecule has 1 aromatic rings. The molecule has 7 nitrogen and oxygen atoms in total. The third kappa shape index (κ3) is 4.88. The van der Waals surface area contributed by atoms with Gasteiger partial charge in [-0.1, -0.05) is 30.3 Å². The number of nitrogens with two attached hydrogens (primary N) is 1. The predicted octanol–water partition coefficient (Wildman–Crippen LogP) is 0.767. The van der Waals surface area contributed by atoms with Gasteiger partial charge in [0.1, 0.15) is 6.61 Å². The molecule has 7 heteroatoms. The van der Waals surface area contributed by atoms with Gasteiger partial charge in [-0.15, -0.1) is 0 Å². The Hall–Kier alpha value is -2.41. The lowest BCUT2D eigenvalue weighted by molar-refractivity contribution is -0.162. The van der Waals surface area contributed by atoms with Crippen LogP contribution in [0.25, 0.3) is 0 Å². The highest BCUT2D eigenvalue weighted by Gasteiger charge is 2.43. The van der Waals surface area contributed by atoms with E-state index in [1.54, 1.807) is 30.3 Å². The maximum atomic E-state index is 11.9. The summed E-state index contributed by atoms with van der Waals surface area (Å²) in [6.07, 6.45) is -0.598. The van der Waals surface area contributed by atoms with Crippen LogP contribution in [0.2, 0.25) is 0 Å². The van der Waals surface area contributed by atoms with E-state index in [4.69, 9.17) is 20.7 Å². The minimum Gasteiger partial charge on any atom is -0.481 e. The highest BCUT2D eigenvalue weighted by atomic mass is 16.5. The molecule has 0 saturated heterocycles. The molecule has 114 valence electrons. The second-order valence-electron chi connectivity index (χ2n) is 4.59. The molecule has 1 rings (SSSR count). The number of hydrogen-bond acceptors (Lipinski definition) is 5. The summed E-state index contributed by atoms with van der Waals surface area (Å²) in [4.78, 5) is 33.5. The van der Waals surface area contributed by atoms with Gasteiger partial charge in [0.2, 0.25) is 5.54 Å². The van der Waals surface area contributed by atoms with E-state index in [1.165, 1.54) is 0 Å². The number of carboxylic acids is 2. The average Bonchev–Trinajstić information content (AvgIpc) is 2.45. The van der Waals surface area contributed by atoms with Gasteiger partial charge in [0.25, 0.3) is 0 Å². The fourth-order valence-electron chi connectivity index (χ4n) is 1.67. The van der Waals surface area contributed by atoms with Crippen molar-refractivity contribution in [2.75, 3.05) is 0 Å². The van der Waals surface area contributed by atoms with E-state index < -0.39 is 23.4 Å². The van der Waals surface area contributed by atoms with Crippen LogP contribution in [-0.2, 0) is 25.7 Å². The summed E-state index contributed by atoms with van der Waals surface area (Å²) in [7, 11) is 0. The van der Waals surface area contributed by atoms with Crippen LogP contribution < -0.4 is 5.73 Å². The molecule has 4 N–H and O–H groups in total. The van der Waals surface area contributed by atoms with Crippen LogP contribution in [0.4, 0.5) is 0 Å². The Kier molecular flexibility index (Phi) is 5.86. The SMILES string of the molecule is N[C@](CCCC(=O)O)(C(=O)O)C(=O)OCc1ccccc1. The summed E-state index contributed by atoms with van der Waals surface area (Å²) < 4.78 is 4.92. The molecule has 0 unspecified atom stereocenters. The minimum atomic E-state index is -2.23. The molecule has 0 amide bonds. The molecule has 21 heavy (non-hydrogen) atoms. The van der Waals surface area contributed by atoms with Crippen LogP contribution in [0.15, 0.2) is 30.3 Å². The Morgan fingerprint density at radius 3 is 2.29 bits per heavy atom. The van der Waals surface area contributed by atoms with Crippen LogP contribution >= 0.6 is 0 Å². The van der Waals surface area contributed by atoms with Gasteiger partial charge in [-0.05, 0) is 18.4 Å². The number of carbonyl (C=O) groups is 3. The number of aliphatic carboxylic acids is 2. The molecule has 0 aliphatic heterocycles. The van der Waals surface area contributed by atoms with Crippen molar-refractivity contribution in [2.45, 2.75) is 31.4 Å². The van der Waals surface area contributed by atoms with Crippen molar-refractivity contribution >= 4 is 17.9 Å². The first kappa shape index (κ1) is 16.6. The normalized spacial score (nSPS) is 13.2. The van der Waals surface area contributed by atoms with Crippen LogP contribution in [-0.4, -0.2) is 33.7 Å². The van der Waals surface area contributed by atoms with Gasteiger partial charge in [-0.2, -0.15) is 0 Å². The smallest absolute Gasteiger partial charge is 0.338 e. The zero-order valence-corrected chi connectivity index (χ0v) is 11.3. The average molecular weight is 295 g/mol. The molecule has 0 aromatic heterocycles. The molecule has 0 spiro atoms. The lowest BCUT2D eigenvalue weighted by atomic mass is 9.94. The second kappa shape index (κ2) is 7.39. The number of carboxylic acid groups (broad SMARTS) is 2. The number of hydrogen-bond donors (Lipinski definition) is 3. The minimum absolute atomic E-state index is 0.0292. The predicted molar refractivity (Wildman–Crippen MR) is 72.3 cm³/mol. The van der Waals surface area contributed by atoms with Crippen LogP contribution in [0.1, 0.15) is 24.8 Å². The first-order valence-electron chi connectivity index (χ1n) is 6.31. The van der Waals surface area contributed by atoms with E-state index in [9.17, 15) is 14.4 Å². The van der Waals surface area contributed by atoms with Crippen molar-refractivity contribution < 1.29 is 29.3 Å². The Bertz CT molecular complexity index is 515.